The van der Waals surface area contributed by atoms with Crippen LogP contribution in [0.2, 0.25) is 0 Å². The Hall–Kier alpha value is 0.660. The first-order valence-corrected chi connectivity index (χ1v) is 11.0. The molecule has 0 aromatic carbocycles. The zero-order valence-corrected chi connectivity index (χ0v) is 18.3. The lowest BCUT2D eigenvalue weighted by Crippen LogP contribution is -2.61. The Bertz CT molecular complexity index is 512. The minimum Gasteiger partial charge on any atom is -0.390 e. The third-order valence-corrected chi connectivity index (χ3v) is 11.3. The Balaban J connectivity index is 2.04. The van der Waals surface area contributed by atoms with Gasteiger partial charge in [0.05, 0.1) is 5.60 Å². The van der Waals surface area contributed by atoms with Crippen LogP contribution in [0.3, 0.4) is 0 Å². The second-order valence-corrected chi connectivity index (χ2v) is 11.8. The van der Waals surface area contributed by atoms with Gasteiger partial charge in [0.1, 0.15) is 0 Å². The number of halogens is 2. The highest BCUT2D eigenvalue weighted by Gasteiger charge is 2.63. The van der Waals surface area contributed by atoms with Crippen molar-refractivity contribution in [1.82, 2.24) is 0 Å². The summed E-state index contributed by atoms with van der Waals surface area (Å²) in [4.78, 5) is 1.07. The maximum Gasteiger partial charge on any atom is 0.0654 e. The molecule has 3 saturated carbocycles. The van der Waals surface area contributed by atoms with E-state index in [1.807, 2.05) is 0 Å². The van der Waals surface area contributed by atoms with Crippen LogP contribution < -0.4 is 0 Å². The van der Waals surface area contributed by atoms with Crippen LogP contribution in [0.1, 0.15) is 72.6 Å². The number of aliphatic hydroxyl groups is 1. The van der Waals surface area contributed by atoms with Crippen molar-refractivity contribution in [2.24, 2.45) is 22.2 Å². The van der Waals surface area contributed by atoms with E-state index >= 15 is 0 Å². The third-order valence-electron chi connectivity index (χ3n) is 8.20. The van der Waals surface area contributed by atoms with Crippen molar-refractivity contribution in [2.75, 3.05) is 0 Å². The summed E-state index contributed by atoms with van der Waals surface area (Å²) in [5.74, 6) is 0.343. The summed E-state index contributed by atoms with van der Waals surface area (Å²) < 4.78 is 0. The maximum atomic E-state index is 11.2. The second-order valence-electron chi connectivity index (χ2n) is 9.54. The fourth-order valence-electron chi connectivity index (χ4n) is 6.13. The van der Waals surface area contributed by atoms with Crippen LogP contribution in [0.15, 0.2) is 12.2 Å². The molecule has 6 atom stereocenters. The van der Waals surface area contributed by atoms with Gasteiger partial charge in [-0.05, 0) is 74.0 Å². The van der Waals surface area contributed by atoms with E-state index in [0.717, 1.165) is 25.7 Å². The van der Waals surface area contributed by atoms with Gasteiger partial charge in [0, 0.05) is 9.65 Å². The van der Waals surface area contributed by atoms with Crippen molar-refractivity contribution in [3.8, 4) is 0 Å². The molecule has 23 heavy (non-hydrogen) atoms. The lowest BCUT2D eigenvalue weighted by atomic mass is 9.42. The highest BCUT2D eigenvalue weighted by Crippen LogP contribution is 2.68. The lowest BCUT2D eigenvalue weighted by molar-refractivity contribution is -0.150. The average molecular weight is 448 g/mol. The normalized spacial score (nSPS) is 53.2. The molecular weight excluding hydrogens is 416 g/mol. The van der Waals surface area contributed by atoms with Gasteiger partial charge in [-0.25, -0.2) is 0 Å². The molecule has 0 bridgehead atoms. The Morgan fingerprint density at radius 3 is 2.30 bits per heavy atom. The van der Waals surface area contributed by atoms with Crippen LogP contribution in [0, 0.1) is 22.2 Å². The molecule has 0 amide bonds. The van der Waals surface area contributed by atoms with Gasteiger partial charge < -0.3 is 5.11 Å². The minimum atomic E-state index is -0.554. The first-order valence-electron chi connectivity index (χ1n) is 9.16. The van der Waals surface area contributed by atoms with Gasteiger partial charge in [0.15, 0.2) is 0 Å². The van der Waals surface area contributed by atoms with E-state index in [4.69, 9.17) is 0 Å². The Kier molecular flexibility index (Phi) is 4.47. The minimum absolute atomic E-state index is 0.164. The van der Waals surface area contributed by atoms with Crippen molar-refractivity contribution < 1.29 is 5.11 Å². The summed E-state index contributed by atoms with van der Waals surface area (Å²) in [6, 6.07) is 0. The van der Waals surface area contributed by atoms with Crippen LogP contribution in [0.25, 0.3) is 0 Å². The molecule has 3 rings (SSSR count). The van der Waals surface area contributed by atoms with Crippen LogP contribution in [-0.4, -0.2) is 20.4 Å². The first kappa shape index (κ1) is 18.5. The van der Waals surface area contributed by atoms with Gasteiger partial charge in [-0.15, -0.1) is 0 Å². The summed E-state index contributed by atoms with van der Waals surface area (Å²) in [6.45, 7) is 13.9. The number of rotatable bonds is 0. The van der Waals surface area contributed by atoms with Crippen molar-refractivity contribution in [3.63, 3.8) is 0 Å². The molecule has 132 valence electrons. The SMILES string of the molecule is C=C1CC[C@@H](Br)C(C)(C)[C@]12CC[C@]1(C)[C@@H](Br)CC[C@@](C)(O)[C@H]1C2. The number of allylic oxidation sites excluding steroid dienone is 1. The predicted molar refractivity (Wildman–Crippen MR) is 105 cm³/mol. The zero-order valence-electron chi connectivity index (χ0n) is 15.1. The Labute approximate surface area is 158 Å². The van der Waals surface area contributed by atoms with Gasteiger partial charge in [0.2, 0.25) is 0 Å². The summed E-state index contributed by atoms with van der Waals surface area (Å²) >= 11 is 7.94. The second kappa shape index (κ2) is 5.58. The van der Waals surface area contributed by atoms with E-state index < -0.39 is 5.60 Å². The van der Waals surface area contributed by atoms with Crippen molar-refractivity contribution >= 4 is 31.9 Å². The Morgan fingerprint density at radius 1 is 1.00 bits per heavy atom. The number of hydrogen-bond donors (Lipinski definition) is 1. The average Bonchev–Trinajstić information content (AvgIpc) is 2.47. The maximum absolute atomic E-state index is 11.2. The molecule has 0 aromatic rings. The third kappa shape index (κ3) is 2.46. The lowest BCUT2D eigenvalue weighted by Gasteiger charge is -2.65. The molecule has 1 nitrogen and oxygen atoms in total. The molecule has 0 heterocycles. The number of alkyl halides is 2. The van der Waals surface area contributed by atoms with Crippen LogP contribution in [0.4, 0.5) is 0 Å². The quantitative estimate of drug-likeness (QED) is 0.344. The fraction of sp³-hybridized carbons (Fsp3) is 0.900. The zero-order chi connectivity index (χ0) is 17.3. The van der Waals surface area contributed by atoms with Crippen molar-refractivity contribution in [1.29, 1.82) is 0 Å². The molecule has 3 heteroatoms. The molecule has 0 saturated heterocycles. The number of fused-ring (bicyclic) bond motifs is 1. The van der Waals surface area contributed by atoms with E-state index in [1.54, 1.807) is 0 Å². The molecule has 0 radical (unpaired) electrons. The molecule has 0 aromatic heterocycles. The molecular formula is C20H32Br2O. The highest BCUT2D eigenvalue weighted by molar-refractivity contribution is 9.09. The van der Waals surface area contributed by atoms with Gasteiger partial charge in [-0.2, -0.15) is 0 Å². The van der Waals surface area contributed by atoms with E-state index in [0.29, 0.717) is 15.6 Å². The fourth-order valence-corrected chi connectivity index (χ4v) is 7.58. The summed E-state index contributed by atoms with van der Waals surface area (Å²) in [6.07, 6.45) is 7.79. The Morgan fingerprint density at radius 2 is 1.65 bits per heavy atom. The van der Waals surface area contributed by atoms with Gasteiger partial charge in [-0.1, -0.05) is 64.8 Å². The van der Waals surface area contributed by atoms with Crippen LogP contribution in [0.5, 0.6) is 0 Å². The molecule has 3 aliphatic carbocycles. The standard InChI is InChI=1S/C20H32Br2O/c1-13-6-7-15(21)17(2,3)20(13)11-10-18(4)14(12-20)19(5,23)9-8-16(18)22/h14-16,23H,1,6-12H2,2-5H3/t14-,15+,16-,18-,19+,20-/m0/s1. The summed E-state index contributed by atoms with van der Waals surface area (Å²) in [5.41, 5.74) is 1.44. The first-order chi connectivity index (χ1) is 10.5. The number of hydrogen-bond acceptors (Lipinski definition) is 1. The van der Waals surface area contributed by atoms with E-state index in [-0.39, 0.29) is 16.2 Å². The van der Waals surface area contributed by atoms with Gasteiger partial charge >= 0.3 is 0 Å². The molecule has 3 aliphatic rings. The van der Waals surface area contributed by atoms with E-state index in [1.165, 1.54) is 24.8 Å². The predicted octanol–water partition coefficient (Wildman–Crippen LogP) is 6.23. The summed E-state index contributed by atoms with van der Waals surface area (Å²) in [5, 5.41) is 11.2. The molecule has 3 fully saturated rings. The van der Waals surface area contributed by atoms with Gasteiger partial charge in [-0.3, -0.25) is 0 Å². The highest BCUT2D eigenvalue weighted by atomic mass is 79.9. The van der Waals surface area contributed by atoms with Gasteiger partial charge in [0.25, 0.3) is 0 Å². The largest absolute Gasteiger partial charge is 0.390 e. The van der Waals surface area contributed by atoms with Crippen LogP contribution >= 0.6 is 31.9 Å². The molecule has 0 unspecified atom stereocenters. The van der Waals surface area contributed by atoms with E-state index in [9.17, 15) is 5.11 Å². The summed E-state index contributed by atoms with van der Waals surface area (Å²) in [7, 11) is 0. The van der Waals surface area contributed by atoms with Crippen molar-refractivity contribution in [3.05, 3.63) is 12.2 Å². The van der Waals surface area contributed by atoms with Crippen molar-refractivity contribution in [2.45, 2.75) is 87.9 Å². The monoisotopic (exact) mass is 446 g/mol. The topological polar surface area (TPSA) is 20.2 Å². The van der Waals surface area contributed by atoms with E-state index in [2.05, 4.69) is 66.1 Å². The smallest absolute Gasteiger partial charge is 0.0654 e. The molecule has 1 N–H and O–H groups in total. The molecule has 0 aliphatic heterocycles. The molecule has 1 spiro atoms. The van der Waals surface area contributed by atoms with Crippen LogP contribution in [-0.2, 0) is 0 Å².